The van der Waals surface area contributed by atoms with Crippen molar-refractivity contribution in [2.75, 3.05) is 5.32 Å². The van der Waals surface area contributed by atoms with Gasteiger partial charge in [0.05, 0.1) is 17.6 Å². The van der Waals surface area contributed by atoms with E-state index in [0.717, 1.165) is 30.0 Å². The molecule has 2 aromatic heterocycles. The number of amides is 1. The zero-order valence-electron chi connectivity index (χ0n) is 15.6. The van der Waals surface area contributed by atoms with Crippen LogP contribution in [0.5, 0.6) is 5.75 Å². The zero-order valence-corrected chi connectivity index (χ0v) is 15.6. The van der Waals surface area contributed by atoms with E-state index in [1.165, 1.54) is 0 Å². The Morgan fingerprint density at radius 3 is 2.89 bits per heavy atom. The summed E-state index contributed by atoms with van der Waals surface area (Å²) in [7, 11) is 0. The van der Waals surface area contributed by atoms with Crippen LogP contribution in [0.3, 0.4) is 0 Å². The maximum absolute atomic E-state index is 12.4. The first-order valence-corrected chi connectivity index (χ1v) is 8.86. The Labute approximate surface area is 158 Å². The number of aryl methyl sites for hydroxylation is 1. The Balaban J connectivity index is 1.63. The number of rotatable bonds is 8. The highest BCUT2D eigenvalue weighted by Crippen LogP contribution is 2.21. The monoisotopic (exact) mass is 365 g/mol. The zero-order chi connectivity index (χ0) is 19.2. The number of aromatic nitrogens is 2. The maximum atomic E-state index is 12.4. The van der Waals surface area contributed by atoms with Crippen molar-refractivity contribution in [3.63, 3.8) is 0 Å². The number of para-hydroxylation sites is 1. The number of carbonyl (C=O) groups is 1. The van der Waals surface area contributed by atoms with Gasteiger partial charge in [-0.05, 0) is 44.0 Å². The van der Waals surface area contributed by atoms with Crippen LogP contribution in [0, 0.1) is 6.92 Å². The Kier molecular flexibility index (Phi) is 5.76. The average Bonchev–Trinajstić information content (AvgIpc) is 3.28. The van der Waals surface area contributed by atoms with Crippen molar-refractivity contribution in [1.82, 2.24) is 9.78 Å². The number of nitrogens with zero attached hydrogens (tertiary/aromatic N) is 2. The van der Waals surface area contributed by atoms with E-state index in [9.17, 15) is 4.79 Å². The van der Waals surface area contributed by atoms with E-state index >= 15 is 0 Å². The molecule has 1 N–H and O–H groups in total. The molecule has 0 spiro atoms. The first-order valence-electron chi connectivity index (χ1n) is 8.86. The van der Waals surface area contributed by atoms with Gasteiger partial charge in [-0.15, -0.1) is 6.58 Å². The Morgan fingerprint density at radius 1 is 1.33 bits per heavy atom. The third-order valence-corrected chi connectivity index (χ3v) is 4.24. The molecule has 3 rings (SSSR count). The molecule has 0 atom stereocenters. The van der Waals surface area contributed by atoms with Crippen LogP contribution < -0.4 is 10.1 Å². The van der Waals surface area contributed by atoms with Crippen LogP contribution in [-0.4, -0.2) is 15.7 Å². The number of ether oxygens (including phenoxy) is 1. The van der Waals surface area contributed by atoms with E-state index in [-0.39, 0.29) is 18.3 Å². The van der Waals surface area contributed by atoms with Crippen molar-refractivity contribution >= 4 is 11.6 Å². The molecule has 0 aliphatic carbocycles. The summed E-state index contributed by atoms with van der Waals surface area (Å²) in [5.41, 5.74) is 2.63. The van der Waals surface area contributed by atoms with Gasteiger partial charge in [-0.2, -0.15) is 5.10 Å². The Bertz CT molecular complexity index is 940. The van der Waals surface area contributed by atoms with E-state index in [2.05, 4.69) is 17.0 Å². The molecule has 3 aromatic rings. The number of hydrogen-bond donors (Lipinski definition) is 1. The molecule has 1 amide bonds. The van der Waals surface area contributed by atoms with Crippen molar-refractivity contribution in [2.24, 2.45) is 0 Å². The van der Waals surface area contributed by atoms with Crippen LogP contribution in [0.4, 0.5) is 5.69 Å². The second kappa shape index (κ2) is 8.40. The average molecular weight is 365 g/mol. The molecule has 0 fully saturated rings. The standard InChI is InChI=1S/C21H23N3O3/c1-4-8-16-9-6-7-10-19(16)26-14-17-11-12-20(27-17)21(25)23-18-13-22-24(5-2)15(18)3/h4,6-7,9-13H,1,5,8,14H2,2-3H3,(H,23,25). The quantitative estimate of drug-likeness (QED) is 0.602. The van der Waals surface area contributed by atoms with Crippen LogP contribution in [-0.2, 0) is 19.6 Å². The summed E-state index contributed by atoms with van der Waals surface area (Å²) in [5, 5.41) is 7.04. The van der Waals surface area contributed by atoms with E-state index in [0.29, 0.717) is 11.4 Å². The summed E-state index contributed by atoms with van der Waals surface area (Å²) in [5.74, 6) is 1.28. The topological polar surface area (TPSA) is 69.3 Å². The lowest BCUT2D eigenvalue weighted by Crippen LogP contribution is -2.11. The highest BCUT2D eigenvalue weighted by molar-refractivity contribution is 6.02. The van der Waals surface area contributed by atoms with Gasteiger partial charge in [0.25, 0.3) is 5.91 Å². The van der Waals surface area contributed by atoms with Gasteiger partial charge in [0.15, 0.2) is 5.76 Å². The lowest BCUT2D eigenvalue weighted by Gasteiger charge is -2.09. The number of anilines is 1. The number of allylic oxidation sites excluding steroid dienone is 1. The van der Waals surface area contributed by atoms with Gasteiger partial charge < -0.3 is 14.5 Å². The molecule has 0 aliphatic rings. The van der Waals surface area contributed by atoms with Crippen LogP contribution in [0.1, 0.15) is 34.5 Å². The largest absolute Gasteiger partial charge is 0.485 e. The van der Waals surface area contributed by atoms with Gasteiger partial charge >= 0.3 is 0 Å². The van der Waals surface area contributed by atoms with Gasteiger partial charge in [-0.25, -0.2) is 0 Å². The number of furan rings is 1. The summed E-state index contributed by atoms with van der Waals surface area (Å²) in [6, 6.07) is 11.2. The van der Waals surface area contributed by atoms with Crippen molar-refractivity contribution < 1.29 is 13.9 Å². The van der Waals surface area contributed by atoms with Crippen molar-refractivity contribution in [2.45, 2.75) is 33.4 Å². The number of carbonyl (C=O) groups excluding carboxylic acids is 1. The van der Waals surface area contributed by atoms with Crippen molar-refractivity contribution in [3.8, 4) is 5.75 Å². The molecule has 0 aliphatic heterocycles. The van der Waals surface area contributed by atoms with E-state index < -0.39 is 0 Å². The summed E-state index contributed by atoms with van der Waals surface area (Å²) >= 11 is 0. The molecular formula is C21H23N3O3. The van der Waals surface area contributed by atoms with Crippen molar-refractivity contribution in [3.05, 3.63) is 78.0 Å². The normalized spacial score (nSPS) is 10.6. The number of benzene rings is 1. The van der Waals surface area contributed by atoms with Crippen LogP contribution in [0.2, 0.25) is 0 Å². The molecule has 0 saturated carbocycles. The second-order valence-electron chi connectivity index (χ2n) is 6.07. The lowest BCUT2D eigenvalue weighted by atomic mass is 10.1. The van der Waals surface area contributed by atoms with E-state index in [1.54, 1.807) is 18.3 Å². The lowest BCUT2D eigenvalue weighted by molar-refractivity contribution is 0.0992. The number of hydrogen-bond acceptors (Lipinski definition) is 4. The Hall–Kier alpha value is -3.28. The van der Waals surface area contributed by atoms with E-state index in [1.807, 2.05) is 48.9 Å². The first kappa shape index (κ1) is 18.5. The van der Waals surface area contributed by atoms with Crippen LogP contribution in [0.15, 0.2) is 59.7 Å². The third-order valence-electron chi connectivity index (χ3n) is 4.24. The van der Waals surface area contributed by atoms with Gasteiger partial charge in [0.1, 0.15) is 18.1 Å². The van der Waals surface area contributed by atoms with Crippen molar-refractivity contribution in [1.29, 1.82) is 0 Å². The molecule has 1 aromatic carbocycles. The van der Waals surface area contributed by atoms with Gasteiger partial charge in [0.2, 0.25) is 0 Å². The Morgan fingerprint density at radius 2 is 2.15 bits per heavy atom. The highest BCUT2D eigenvalue weighted by Gasteiger charge is 2.15. The van der Waals surface area contributed by atoms with E-state index in [4.69, 9.17) is 9.15 Å². The minimum absolute atomic E-state index is 0.233. The minimum Gasteiger partial charge on any atom is -0.485 e. The van der Waals surface area contributed by atoms with Crippen LogP contribution in [0.25, 0.3) is 0 Å². The molecule has 0 radical (unpaired) electrons. The fraction of sp³-hybridized carbons (Fsp3) is 0.238. The molecule has 0 unspecified atom stereocenters. The molecule has 140 valence electrons. The number of nitrogens with one attached hydrogen (secondary N) is 1. The molecule has 6 nitrogen and oxygen atoms in total. The molecule has 27 heavy (non-hydrogen) atoms. The second-order valence-corrected chi connectivity index (χ2v) is 6.07. The van der Waals surface area contributed by atoms with Gasteiger partial charge in [0, 0.05) is 6.54 Å². The molecule has 2 heterocycles. The molecule has 0 bridgehead atoms. The molecule has 6 heteroatoms. The third kappa shape index (κ3) is 4.28. The minimum atomic E-state index is -0.313. The summed E-state index contributed by atoms with van der Waals surface area (Å²) < 4.78 is 13.3. The predicted octanol–water partition coefficient (Wildman–Crippen LogP) is 4.36. The van der Waals surface area contributed by atoms with Gasteiger partial charge in [-0.1, -0.05) is 24.3 Å². The summed E-state index contributed by atoms with van der Waals surface area (Å²) in [6.45, 7) is 8.66. The SMILES string of the molecule is C=CCc1ccccc1OCc1ccc(C(=O)Nc2cnn(CC)c2C)o1. The van der Waals surface area contributed by atoms with Gasteiger partial charge in [-0.3, -0.25) is 9.48 Å². The predicted molar refractivity (Wildman–Crippen MR) is 104 cm³/mol. The molecule has 0 saturated heterocycles. The fourth-order valence-corrected chi connectivity index (χ4v) is 2.77. The summed E-state index contributed by atoms with van der Waals surface area (Å²) in [4.78, 5) is 12.4. The molecular weight excluding hydrogens is 342 g/mol. The summed E-state index contributed by atoms with van der Waals surface area (Å²) in [6.07, 6.45) is 4.20. The fourth-order valence-electron chi connectivity index (χ4n) is 2.77. The smallest absolute Gasteiger partial charge is 0.291 e. The van der Waals surface area contributed by atoms with Crippen LogP contribution >= 0.6 is 0 Å². The first-order chi connectivity index (χ1) is 13.1. The maximum Gasteiger partial charge on any atom is 0.291 e. The highest BCUT2D eigenvalue weighted by atomic mass is 16.5.